The second kappa shape index (κ2) is 8.28. The normalized spacial score (nSPS) is 12.3. The molecule has 2 heterocycles. The molecule has 1 radical (unpaired) electrons. The Morgan fingerprint density at radius 1 is 1.03 bits per heavy atom. The number of halogens is 4. The van der Waals surface area contributed by atoms with Gasteiger partial charge in [-0.2, -0.15) is 18.3 Å². The average Bonchev–Trinajstić information content (AvgIpc) is 3.20. The summed E-state index contributed by atoms with van der Waals surface area (Å²) < 4.78 is 41.9. The van der Waals surface area contributed by atoms with Crippen molar-refractivity contribution in [1.82, 2.24) is 19.7 Å². The summed E-state index contributed by atoms with van der Waals surface area (Å²) in [4.78, 5) is 7.80. The van der Waals surface area contributed by atoms with Gasteiger partial charge in [-0.1, -0.05) is 56.6 Å². The van der Waals surface area contributed by atoms with E-state index in [1.807, 2.05) is 20.8 Å². The molecule has 0 bridgehead atoms. The van der Waals surface area contributed by atoms with Crippen LogP contribution in [0.2, 0.25) is 5.02 Å². The minimum atomic E-state index is -4.44. The number of H-pyrrole nitrogens is 1. The van der Waals surface area contributed by atoms with Crippen molar-refractivity contribution in [1.29, 1.82) is 0 Å². The molecule has 0 atom stereocenters. The van der Waals surface area contributed by atoms with Gasteiger partial charge in [0.05, 0.1) is 27.3 Å². The zero-order chi connectivity index (χ0) is 21.8. The van der Waals surface area contributed by atoms with Crippen molar-refractivity contribution in [3.63, 3.8) is 0 Å². The summed E-state index contributed by atoms with van der Waals surface area (Å²) in [6.45, 7) is 6.07. The first kappa shape index (κ1) is 23.9. The van der Waals surface area contributed by atoms with Crippen LogP contribution in [0.15, 0.2) is 42.5 Å². The van der Waals surface area contributed by atoms with Crippen LogP contribution in [-0.4, -0.2) is 49.3 Å². The Morgan fingerprint density at radius 3 is 2.32 bits per heavy atom. The number of hydrogen-bond acceptors (Lipinski definition) is 2. The van der Waals surface area contributed by atoms with Crippen molar-refractivity contribution in [2.24, 2.45) is 7.05 Å². The molecule has 0 saturated heterocycles. The number of aryl methyl sites for hydroxylation is 1. The van der Waals surface area contributed by atoms with Crippen LogP contribution in [0.25, 0.3) is 33.7 Å². The van der Waals surface area contributed by atoms with Gasteiger partial charge in [0.1, 0.15) is 5.69 Å². The van der Waals surface area contributed by atoms with Crippen molar-refractivity contribution in [3.05, 3.63) is 58.7 Å². The van der Waals surface area contributed by atoms with Gasteiger partial charge in [0.25, 0.3) is 0 Å². The van der Waals surface area contributed by atoms with Gasteiger partial charge in [-0.05, 0) is 29.3 Å². The molecule has 0 amide bonds. The molecule has 1 N–H and O–H groups in total. The van der Waals surface area contributed by atoms with Gasteiger partial charge >= 0.3 is 6.18 Å². The Bertz CT molecular complexity index is 1250. The number of alkyl halides is 3. The average molecular weight is 456 g/mol. The Kier molecular flexibility index (Phi) is 6.37. The molecule has 0 aliphatic carbocycles. The fourth-order valence-corrected chi connectivity index (χ4v) is 4.04. The molecule has 0 saturated carbocycles. The first-order chi connectivity index (χ1) is 14.0. The van der Waals surface area contributed by atoms with Gasteiger partial charge in [0.15, 0.2) is 5.82 Å². The van der Waals surface area contributed by atoms with Gasteiger partial charge in [0, 0.05) is 42.0 Å². The zero-order valence-electron chi connectivity index (χ0n) is 17.9. The summed E-state index contributed by atoms with van der Waals surface area (Å²) >= 11 is 6.61. The predicted octanol–water partition coefficient (Wildman–Crippen LogP) is 6.22. The van der Waals surface area contributed by atoms with Crippen LogP contribution in [0.4, 0.5) is 13.2 Å². The molecule has 0 unspecified atom stereocenters. The molecule has 0 aliphatic heterocycles. The van der Waals surface area contributed by atoms with Crippen molar-refractivity contribution in [2.75, 3.05) is 0 Å². The quantitative estimate of drug-likeness (QED) is 0.365. The molecule has 0 fully saturated rings. The van der Waals surface area contributed by atoms with Gasteiger partial charge < -0.3 is 4.98 Å². The predicted molar refractivity (Wildman–Crippen MR) is 118 cm³/mol. The van der Waals surface area contributed by atoms with Gasteiger partial charge in [-0.15, -0.1) is 0 Å². The van der Waals surface area contributed by atoms with E-state index in [2.05, 4.69) is 15.1 Å². The number of benzene rings is 2. The largest absolute Gasteiger partial charge is 0.417 e. The maximum atomic E-state index is 13.4. The summed E-state index contributed by atoms with van der Waals surface area (Å²) in [5.41, 5.74) is 2.28. The summed E-state index contributed by atoms with van der Waals surface area (Å²) in [6, 6.07) is 10.5. The number of fused-ring (bicyclic) bond motifs is 1. The van der Waals surface area contributed by atoms with Crippen molar-refractivity contribution in [2.45, 2.75) is 32.4 Å². The van der Waals surface area contributed by atoms with Gasteiger partial charge in [-0.25, -0.2) is 4.98 Å². The standard InChI is InChI=1S/C22H20ClF3N4.Na/c1-21(2,3)19-17(23)18(30(4)29-19)20-27-15-10-9-12(11-16(15)28-20)13-7-5-6-8-14(13)22(24,25)26;/h5-11H,1-4H3,(H,27,28);. The van der Waals surface area contributed by atoms with Crippen LogP contribution in [0, 0.1) is 0 Å². The van der Waals surface area contributed by atoms with Crippen molar-refractivity contribution in [3.8, 4) is 22.6 Å². The number of rotatable bonds is 2. The summed E-state index contributed by atoms with van der Waals surface area (Å²) in [6.07, 6.45) is -4.44. The molecule has 157 valence electrons. The molecular formula is C22H20ClF3N4Na. The van der Waals surface area contributed by atoms with E-state index < -0.39 is 11.7 Å². The maximum Gasteiger partial charge on any atom is 0.417 e. The summed E-state index contributed by atoms with van der Waals surface area (Å²) in [5.74, 6) is 0.516. The number of aromatic nitrogens is 4. The van der Waals surface area contributed by atoms with E-state index in [1.54, 1.807) is 36.0 Å². The minimum absolute atomic E-state index is 0. The first-order valence-electron chi connectivity index (χ1n) is 9.36. The van der Waals surface area contributed by atoms with Crippen LogP contribution >= 0.6 is 11.6 Å². The molecule has 2 aromatic heterocycles. The van der Waals surface area contributed by atoms with Crippen molar-refractivity contribution >= 4 is 52.2 Å². The van der Waals surface area contributed by atoms with E-state index in [-0.39, 0.29) is 40.5 Å². The third-order valence-corrected chi connectivity index (χ3v) is 5.31. The third kappa shape index (κ3) is 4.42. The van der Waals surface area contributed by atoms with Gasteiger partial charge in [-0.3, -0.25) is 4.68 Å². The monoisotopic (exact) mass is 455 g/mol. The molecule has 9 heteroatoms. The molecule has 2 aromatic carbocycles. The minimum Gasteiger partial charge on any atom is -0.337 e. The van der Waals surface area contributed by atoms with Crippen LogP contribution in [-0.2, 0) is 18.6 Å². The van der Waals surface area contributed by atoms with E-state index in [0.29, 0.717) is 33.1 Å². The Morgan fingerprint density at radius 2 is 1.71 bits per heavy atom. The Balaban J connectivity index is 0.00000272. The molecule has 0 spiro atoms. The van der Waals surface area contributed by atoms with E-state index in [0.717, 1.165) is 11.8 Å². The molecule has 4 nitrogen and oxygen atoms in total. The van der Waals surface area contributed by atoms with E-state index in [1.165, 1.54) is 12.1 Å². The molecule has 4 aromatic rings. The third-order valence-electron chi connectivity index (χ3n) is 4.95. The van der Waals surface area contributed by atoms with E-state index in [9.17, 15) is 13.2 Å². The van der Waals surface area contributed by atoms with Crippen LogP contribution in [0.5, 0.6) is 0 Å². The molecule has 31 heavy (non-hydrogen) atoms. The van der Waals surface area contributed by atoms with Crippen LogP contribution in [0.1, 0.15) is 32.0 Å². The second-order valence-corrected chi connectivity index (χ2v) is 8.62. The smallest absolute Gasteiger partial charge is 0.337 e. The first-order valence-corrected chi connectivity index (χ1v) is 9.74. The van der Waals surface area contributed by atoms with E-state index >= 15 is 0 Å². The summed E-state index contributed by atoms with van der Waals surface area (Å²) in [5, 5.41) is 5.04. The van der Waals surface area contributed by atoms with Gasteiger partial charge in [0.2, 0.25) is 0 Å². The maximum absolute atomic E-state index is 13.4. The molecular weight excluding hydrogens is 436 g/mol. The fraction of sp³-hybridized carbons (Fsp3) is 0.273. The molecule has 0 aliphatic rings. The Labute approximate surface area is 205 Å². The summed E-state index contributed by atoms with van der Waals surface area (Å²) in [7, 11) is 1.79. The Hall–Kier alpha value is -1.80. The SMILES string of the molecule is Cn1nc(C(C)(C)C)c(Cl)c1-c1nc2cc(-c3ccccc3C(F)(F)F)ccc2[nH]1.[Na]. The fourth-order valence-electron chi connectivity index (χ4n) is 3.50. The number of aromatic amines is 1. The second-order valence-electron chi connectivity index (χ2n) is 8.25. The number of nitrogens with zero attached hydrogens (tertiary/aromatic N) is 3. The van der Waals surface area contributed by atoms with Crippen molar-refractivity contribution < 1.29 is 13.2 Å². The number of hydrogen-bond donors (Lipinski definition) is 1. The van der Waals surface area contributed by atoms with Crippen LogP contribution < -0.4 is 0 Å². The van der Waals surface area contributed by atoms with Crippen LogP contribution in [0.3, 0.4) is 0 Å². The number of nitrogens with one attached hydrogen (secondary N) is 1. The number of imidazole rings is 1. The topological polar surface area (TPSA) is 46.5 Å². The zero-order valence-corrected chi connectivity index (χ0v) is 20.7. The van der Waals surface area contributed by atoms with E-state index in [4.69, 9.17) is 11.6 Å². The molecule has 4 rings (SSSR count).